The Morgan fingerprint density at radius 2 is 2.06 bits per heavy atom. The van der Waals surface area contributed by atoms with Gasteiger partial charge in [0, 0.05) is 26.7 Å². The van der Waals surface area contributed by atoms with Gasteiger partial charge in [0.1, 0.15) is 0 Å². The first-order chi connectivity index (χ1) is 7.48. The number of nitrogens with one attached hydrogen (secondary N) is 2. The summed E-state index contributed by atoms with van der Waals surface area (Å²) >= 11 is 0. The van der Waals surface area contributed by atoms with E-state index in [1.807, 2.05) is 0 Å². The molecule has 96 valence electrons. The fourth-order valence-electron chi connectivity index (χ4n) is 1.13. The van der Waals surface area contributed by atoms with Gasteiger partial charge in [0.05, 0.1) is 11.6 Å². The molecule has 6 nitrogen and oxygen atoms in total. The van der Waals surface area contributed by atoms with E-state index < -0.39 is 10.0 Å². The van der Waals surface area contributed by atoms with Crippen molar-refractivity contribution in [3.8, 4) is 0 Å². The highest BCUT2D eigenvalue weighted by Crippen LogP contribution is 1.95. The molecule has 0 unspecified atom stereocenters. The summed E-state index contributed by atoms with van der Waals surface area (Å²) in [5.41, 5.74) is 5.17. The summed E-state index contributed by atoms with van der Waals surface area (Å²) in [5.74, 6) is 0.232. The van der Waals surface area contributed by atoms with Gasteiger partial charge in [-0.25, -0.2) is 13.1 Å². The van der Waals surface area contributed by atoms with Crippen LogP contribution >= 0.6 is 0 Å². The molecule has 0 radical (unpaired) electrons. The van der Waals surface area contributed by atoms with Gasteiger partial charge in [-0.05, 0) is 19.3 Å². The maximum atomic E-state index is 11.4. The minimum Gasteiger partial charge on any atom is -0.388 e. The Morgan fingerprint density at radius 3 is 2.62 bits per heavy atom. The molecule has 0 rings (SSSR count). The van der Waals surface area contributed by atoms with Crippen LogP contribution in [0, 0.1) is 5.41 Å². The highest BCUT2D eigenvalue weighted by molar-refractivity contribution is 7.89. The summed E-state index contributed by atoms with van der Waals surface area (Å²) in [4.78, 5) is 0. The molecule has 0 aliphatic heterocycles. The van der Waals surface area contributed by atoms with Crippen molar-refractivity contribution >= 4 is 15.9 Å². The predicted octanol–water partition coefficient (Wildman–Crippen LogP) is 0.0486. The number of ether oxygens (including phenoxy) is 1. The van der Waals surface area contributed by atoms with E-state index in [-0.39, 0.29) is 11.6 Å². The van der Waals surface area contributed by atoms with Crippen molar-refractivity contribution in [3.05, 3.63) is 0 Å². The number of unbranched alkanes of at least 4 members (excludes halogenated alkanes) is 1. The first kappa shape index (κ1) is 15.3. The van der Waals surface area contributed by atoms with Crippen molar-refractivity contribution in [1.29, 1.82) is 5.41 Å². The second-order valence-electron chi connectivity index (χ2n) is 3.54. The van der Waals surface area contributed by atoms with Gasteiger partial charge in [-0.3, -0.25) is 5.41 Å². The zero-order chi connectivity index (χ0) is 12.4. The maximum Gasteiger partial charge on any atom is 0.211 e. The van der Waals surface area contributed by atoms with Crippen LogP contribution in [0.15, 0.2) is 0 Å². The Bertz CT molecular complexity index is 290. The van der Waals surface area contributed by atoms with E-state index in [2.05, 4.69) is 4.72 Å². The van der Waals surface area contributed by atoms with Gasteiger partial charge in [0.15, 0.2) is 0 Å². The average Bonchev–Trinajstić information content (AvgIpc) is 2.16. The van der Waals surface area contributed by atoms with Crippen molar-refractivity contribution in [2.75, 3.05) is 26.0 Å². The quantitative estimate of drug-likeness (QED) is 0.290. The molecule has 0 aromatic heterocycles. The lowest BCUT2D eigenvalue weighted by Crippen LogP contribution is -2.28. The van der Waals surface area contributed by atoms with Gasteiger partial charge in [0.2, 0.25) is 10.0 Å². The van der Waals surface area contributed by atoms with Crippen LogP contribution in [0.1, 0.15) is 25.7 Å². The molecule has 0 aromatic rings. The molecule has 0 aromatic carbocycles. The van der Waals surface area contributed by atoms with Crippen LogP contribution < -0.4 is 10.5 Å². The normalized spacial score (nSPS) is 11.6. The summed E-state index contributed by atoms with van der Waals surface area (Å²) in [6.07, 6.45) is 2.45. The number of amidine groups is 1. The van der Waals surface area contributed by atoms with E-state index in [1.165, 1.54) is 0 Å². The largest absolute Gasteiger partial charge is 0.388 e. The van der Waals surface area contributed by atoms with E-state index in [4.69, 9.17) is 15.9 Å². The van der Waals surface area contributed by atoms with Gasteiger partial charge in [-0.1, -0.05) is 0 Å². The standard InChI is InChI=1S/C9H21N3O3S/c1-15-7-4-8-16(13,14)12-6-3-2-5-9(10)11/h12H,2-8H2,1H3,(H3,10,11). The SMILES string of the molecule is COCCCS(=O)(=O)NCCCCC(=N)N. The molecule has 0 amide bonds. The van der Waals surface area contributed by atoms with Gasteiger partial charge in [-0.15, -0.1) is 0 Å². The third-order valence-electron chi connectivity index (χ3n) is 1.96. The summed E-state index contributed by atoms with van der Waals surface area (Å²) in [7, 11) is -1.63. The summed E-state index contributed by atoms with van der Waals surface area (Å²) in [5, 5.41) is 6.99. The second-order valence-corrected chi connectivity index (χ2v) is 5.47. The van der Waals surface area contributed by atoms with Gasteiger partial charge in [0.25, 0.3) is 0 Å². The van der Waals surface area contributed by atoms with Crippen LogP contribution in [0.5, 0.6) is 0 Å². The first-order valence-electron chi connectivity index (χ1n) is 5.27. The number of hydrogen-bond donors (Lipinski definition) is 3. The molecule has 0 bridgehead atoms. The highest BCUT2D eigenvalue weighted by Gasteiger charge is 2.08. The molecule has 0 heterocycles. The Hall–Kier alpha value is -0.660. The molecule has 0 saturated carbocycles. The Morgan fingerprint density at radius 1 is 1.38 bits per heavy atom. The van der Waals surface area contributed by atoms with Crippen molar-refractivity contribution in [2.45, 2.75) is 25.7 Å². The van der Waals surface area contributed by atoms with Gasteiger partial charge in [-0.2, -0.15) is 0 Å². The predicted molar refractivity (Wildman–Crippen MR) is 64.0 cm³/mol. The lowest BCUT2D eigenvalue weighted by Gasteiger charge is -2.06. The lowest BCUT2D eigenvalue weighted by molar-refractivity contribution is 0.199. The number of nitrogens with two attached hydrogens (primary N) is 1. The molecule has 0 aliphatic carbocycles. The van der Waals surface area contributed by atoms with Gasteiger partial charge < -0.3 is 10.5 Å². The Labute approximate surface area is 97.1 Å². The molecule has 0 fully saturated rings. The molecule has 7 heteroatoms. The smallest absolute Gasteiger partial charge is 0.211 e. The third kappa shape index (κ3) is 9.88. The van der Waals surface area contributed by atoms with Crippen LogP contribution in [-0.2, 0) is 14.8 Å². The maximum absolute atomic E-state index is 11.4. The summed E-state index contributed by atoms with van der Waals surface area (Å²) in [6, 6.07) is 0. The average molecular weight is 251 g/mol. The van der Waals surface area contributed by atoms with E-state index in [9.17, 15) is 8.42 Å². The zero-order valence-electron chi connectivity index (χ0n) is 9.66. The van der Waals surface area contributed by atoms with E-state index >= 15 is 0 Å². The second kappa shape index (κ2) is 8.49. The minimum absolute atomic E-state index is 0.0908. The van der Waals surface area contributed by atoms with Crippen LogP contribution in [0.3, 0.4) is 0 Å². The number of methoxy groups -OCH3 is 1. The fourth-order valence-corrected chi connectivity index (χ4v) is 2.23. The van der Waals surface area contributed by atoms with Crippen LogP contribution in [-0.4, -0.2) is 40.3 Å². The molecular formula is C9H21N3O3S. The van der Waals surface area contributed by atoms with Gasteiger partial charge >= 0.3 is 0 Å². The Kier molecular flexibility index (Phi) is 8.14. The Balaban J connectivity index is 3.54. The van der Waals surface area contributed by atoms with Crippen LogP contribution in [0.25, 0.3) is 0 Å². The molecule has 4 N–H and O–H groups in total. The van der Waals surface area contributed by atoms with Crippen molar-refractivity contribution < 1.29 is 13.2 Å². The molecular weight excluding hydrogens is 230 g/mol. The zero-order valence-corrected chi connectivity index (χ0v) is 10.5. The topological polar surface area (TPSA) is 105 Å². The van der Waals surface area contributed by atoms with Crippen molar-refractivity contribution in [2.24, 2.45) is 5.73 Å². The first-order valence-corrected chi connectivity index (χ1v) is 6.92. The van der Waals surface area contributed by atoms with Crippen molar-refractivity contribution in [1.82, 2.24) is 4.72 Å². The van der Waals surface area contributed by atoms with Crippen molar-refractivity contribution in [3.63, 3.8) is 0 Å². The summed E-state index contributed by atoms with van der Waals surface area (Å²) in [6.45, 7) is 0.855. The van der Waals surface area contributed by atoms with E-state index in [0.717, 1.165) is 6.42 Å². The van der Waals surface area contributed by atoms with E-state index in [1.54, 1.807) is 7.11 Å². The molecule has 0 saturated heterocycles. The molecule has 16 heavy (non-hydrogen) atoms. The molecule has 0 aliphatic rings. The fraction of sp³-hybridized carbons (Fsp3) is 0.889. The summed E-state index contributed by atoms with van der Waals surface area (Å²) < 4.78 is 30.0. The van der Waals surface area contributed by atoms with Crippen LogP contribution in [0.2, 0.25) is 0 Å². The number of rotatable bonds is 10. The number of hydrogen-bond acceptors (Lipinski definition) is 4. The molecule has 0 atom stereocenters. The molecule has 0 spiro atoms. The lowest BCUT2D eigenvalue weighted by atomic mass is 10.2. The van der Waals surface area contributed by atoms with Crippen LogP contribution in [0.4, 0.5) is 0 Å². The van der Waals surface area contributed by atoms with E-state index in [0.29, 0.717) is 32.4 Å². The monoisotopic (exact) mass is 251 g/mol. The highest BCUT2D eigenvalue weighted by atomic mass is 32.2. The third-order valence-corrected chi connectivity index (χ3v) is 3.43. The minimum atomic E-state index is -3.17. The number of sulfonamides is 1.